The zero-order valence-electron chi connectivity index (χ0n) is 26.4. The molecule has 0 radical (unpaired) electrons. The van der Waals surface area contributed by atoms with Gasteiger partial charge in [0.15, 0.2) is 6.17 Å². The lowest BCUT2D eigenvalue weighted by Gasteiger charge is -2.26. The van der Waals surface area contributed by atoms with Gasteiger partial charge in [0.05, 0.1) is 31.8 Å². The molecule has 3 aromatic rings. The van der Waals surface area contributed by atoms with Gasteiger partial charge >= 0.3 is 12.1 Å². The van der Waals surface area contributed by atoms with E-state index in [0.29, 0.717) is 16.5 Å². The number of nitrogens with one attached hydrogen (secondary N) is 5. The Labute approximate surface area is 271 Å². The second-order valence-corrected chi connectivity index (χ2v) is 11.4. The third-order valence-electron chi connectivity index (χ3n) is 7.69. The fraction of sp³-hybridized carbons (Fsp3) is 0.364. The monoisotopic (exact) mass is 648 g/mol. The second kappa shape index (κ2) is 15.8. The summed E-state index contributed by atoms with van der Waals surface area (Å²) < 4.78 is 12.0. The number of amides is 4. The highest BCUT2D eigenvalue weighted by Crippen LogP contribution is 2.26. The summed E-state index contributed by atoms with van der Waals surface area (Å²) in [7, 11) is 1.23. The molecule has 1 aromatic heterocycles. The Morgan fingerprint density at radius 1 is 1.02 bits per heavy atom. The number of alkyl carbamates (subject to hydrolysis) is 1. The Balaban J connectivity index is 1.79. The summed E-state index contributed by atoms with van der Waals surface area (Å²) in [6.07, 6.45) is -0.627. The predicted molar refractivity (Wildman–Crippen MR) is 171 cm³/mol. The lowest BCUT2D eigenvalue weighted by Crippen LogP contribution is -2.55. The Kier molecular flexibility index (Phi) is 11.6. The number of aliphatic hydroxyl groups is 1. The van der Waals surface area contributed by atoms with Gasteiger partial charge in [-0.3, -0.25) is 19.7 Å². The van der Waals surface area contributed by atoms with Crippen LogP contribution in [0.3, 0.4) is 0 Å². The number of carbonyl (C=O) groups is 5. The summed E-state index contributed by atoms with van der Waals surface area (Å²) in [4.78, 5) is 66.0. The molecular weight excluding hydrogens is 608 g/mol. The minimum atomic E-state index is -1.40. The Morgan fingerprint density at radius 2 is 1.72 bits per heavy atom. The van der Waals surface area contributed by atoms with E-state index in [0.717, 1.165) is 5.56 Å². The van der Waals surface area contributed by atoms with Gasteiger partial charge in [-0.2, -0.15) is 0 Å². The van der Waals surface area contributed by atoms with Crippen LogP contribution in [0.2, 0.25) is 0 Å². The van der Waals surface area contributed by atoms with Crippen molar-refractivity contribution in [2.45, 2.75) is 51.2 Å². The van der Waals surface area contributed by atoms with Crippen molar-refractivity contribution in [3.8, 4) is 0 Å². The van der Waals surface area contributed by atoms with Crippen molar-refractivity contribution in [3.05, 3.63) is 84.2 Å². The summed E-state index contributed by atoms with van der Waals surface area (Å²) in [6, 6.07) is 13.0. The average Bonchev–Trinajstić information content (AvgIpc) is 3.43. The first-order valence-electron chi connectivity index (χ1n) is 15.1. The molecule has 2 heterocycles. The van der Waals surface area contributed by atoms with Crippen LogP contribution in [0.5, 0.6) is 0 Å². The molecule has 4 atom stereocenters. The lowest BCUT2D eigenvalue weighted by atomic mass is 10.0. The molecule has 0 fully saturated rings. The molecule has 0 saturated carbocycles. The molecule has 2 aromatic carbocycles. The SMILES string of the molecule is C=C1NC(C(=O)OC)Cc2cn(c3ccccc23)C(NC(=O)OCc2ccccc2)C(=O)NC(C(C)C)C(=O)NCC(=O)NC1CO. The molecule has 250 valence electrons. The van der Waals surface area contributed by atoms with E-state index in [1.807, 2.05) is 6.07 Å². The predicted octanol–water partition coefficient (Wildman–Crippen LogP) is 1.00. The number of aliphatic hydroxyl groups excluding tert-OH is 1. The second-order valence-electron chi connectivity index (χ2n) is 11.4. The van der Waals surface area contributed by atoms with Gasteiger partial charge in [0.1, 0.15) is 18.7 Å². The van der Waals surface area contributed by atoms with Crippen molar-refractivity contribution < 1.29 is 38.6 Å². The van der Waals surface area contributed by atoms with E-state index >= 15 is 0 Å². The van der Waals surface area contributed by atoms with E-state index in [4.69, 9.17) is 9.47 Å². The van der Waals surface area contributed by atoms with Gasteiger partial charge in [0, 0.05) is 23.7 Å². The number of hydrogen-bond donors (Lipinski definition) is 6. The molecule has 47 heavy (non-hydrogen) atoms. The number of rotatable bonds is 6. The number of hydrogen-bond acceptors (Lipinski definition) is 9. The average molecular weight is 649 g/mol. The Morgan fingerprint density at radius 3 is 2.40 bits per heavy atom. The maximum atomic E-state index is 14.0. The largest absolute Gasteiger partial charge is 0.467 e. The fourth-order valence-corrected chi connectivity index (χ4v) is 5.20. The molecule has 6 N–H and O–H groups in total. The maximum Gasteiger partial charge on any atom is 0.409 e. The minimum Gasteiger partial charge on any atom is -0.467 e. The number of benzene rings is 2. The summed E-state index contributed by atoms with van der Waals surface area (Å²) >= 11 is 0. The number of para-hydroxylation sites is 1. The van der Waals surface area contributed by atoms with Gasteiger partial charge < -0.3 is 40.4 Å². The van der Waals surface area contributed by atoms with Crippen LogP contribution >= 0.6 is 0 Å². The molecule has 2 bridgehead atoms. The molecule has 4 amide bonds. The number of aromatic nitrogens is 1. The molecule has 4 unspecified atom stereocenters. The van der Waals surface area contributed by atoms with Gasteiger partial charge in [-0.05, 0) is 23.1 Å². The van der Waals surface area contributed by atoms with Crippen LogP contribution in [-0.4, -0.2) is 77.8 Å². The Bertz CT molecular complexity index is 1620. The van der Waals surface area contributed by atoms with Crippen molar-refractivity contribution in [2.75, 3.05) is 20.3 Å². The van der Waals surface area contributed by atoms with Crippen molar-refractivity contribution in [1.29, 1.82) is 0 Å². The number of carbonyl (C=O) groups excluding carboxylic acids is 5. The molecule has 1 aliphatic rings. The number of nitrogens with zero attached hydrogens (tertiary/aromatic N) is 1. The van der Waals surface area contributed by atoms with Crippen LogP contribution < -0.4 is 26.6 Å². The van der Waals surface area contributed by atoms with Crippen molar-refractivity contribution in [2.24, 2.45) is 5.92 Å². The quantitative estimate of drug-likeness (QED) is 0.212. The highest BCUT2D eigenvalue weighted by atomic mass is 16.5. The molecular formula is C33H40N6O8. The zero-order valence-corrected chi connectivity index (χ0v) is 26.4. The third kappa shape index (κ3) is 8.67. The zero-order chi connectivity index (χ0) is 34.1. The van der Waals surface area contributed by atoms with E-state index < -0.39 is 73.1 Å². The number of methoxy groups -OCH3 is 1. The molecule has 14 heteroatoms. The molecule has 1 aliphatic heterocycles. The van der Waals surface area contributed by atoms with E-state index in [9.17, 15) is 29.1 Å². The van der Waals surface area contributed by atoms with E-state index in [2.05, 4.69) is 33.2 Å². The van der Waals surface area contributed by atoms with Crippen molar-refractivity contribution in [1.82, 2.24) is 31.2 Å². The van der Waals surface area contributed by atoms with Gasteiger partial charge in [-0.25, -0.2) is 9.59 Å². The Hall–Kier alpha value is -5.37. The highest BCUT2D eigenvalue weighted by Gasteiger charge is 2.33. The molecule has 0 aliphatic carbocycles. The minimum absolute atomic E-state index is 0.0345. The van der Waals surface area contributed by atoms with Crippen molar-refractivity contribution >= 4 is 40.7 Å². The fourth-order valence-electron chi connectivity index (χ4n) is 5.20. The molecule has 0 spiro atoms. The first-order valence-corrected chi connectivity index (χ1v) is 15.1. The maximum absolute atomic E-state index is 14.0. The van der Waals surface area contributed by atoms with Crippen LogP contribution in [0.4, 0.5) is 4.79 Å². The van der Waals surface area contributed by atoms with Gasteiger partial charge in [0.2, 0.25) is 11.8 Å². The van der Waals surface area contributed by atoms with Crippen LogP contribution in [0, 0.1) is 5.92 Å². The van der Waals surface area contributed by atoms with Crippen molar-refractivity contribution in [3.63, 3.8) is 0 Å². The topological polar surface area (TPSA) is 189 Å². The first kappa shape index (κ1) is 34.5. The van der Waals surface area contributed by atoms with Crippen LogP contribution in [0.1, 0.15) is 31.1 Å². The molecule has 4 rings (SSSR count). The summed E-state index contributed by atoms with van der Waals surface area (Å²) in [5.41, 5.74) is 2.01. The summed E-state index contributed by atoms with van der Waals surface area (Å²) in [5, 5.41) is 24.0. The van der Waals surface area contributed by atoms with E-state index in [1.54, 1.807) is 68.6 Å². The van der Waals surface area contributed by atoms with Crippen LogP contribution in [0.25, 0.3) is 10.9 Å². The number of ether oxygens (including phenoxy) is 2. The van der Waals surface area contributed by atoms with Crippen LogP contribution in [0.15, 0.2) is 73.1 Å². The first-order chi connectivity index (χ1) is 22.5. The molecule has 14 nitrogen and oxygen atoms in total. The van der Waals surface area contributed by atoms with E-state index in [-0.39, 0.29) is 18.7 Å². The summed E-state index contributed by atoms with van der Waals surface area (Å²) in [6.45, 7) is 6.28. The standard InChI is InChI=1S/C33H40N6O8/c1-19(2)28-30(42)34-15-27(41)36-25(17-40)20(3)35-24(32(44)46-4)14-22-16-39(26-13-9-8-12-23(22)26)29(31(43)37-28)38-33(45)47-18-21-10-6-5-7-11-21/h5-13,16,19,24-25,28-29,35,40H,3,14-15,17-18H2,1-2,4H3,(H,34,42)(H,36,41)(H,37,43)(H,38,45). The smallest absolute Gasteiger partial charge is 0.409 e. The number of fused-ring (bicyclic) bond motifs is 5. The third-order valence-corrected chi connectivity index (χ3v) is 7.69. The summed E-state index contributed by atoms with van der Waals surface area (Å²) in [5.74, 6) is -3.07. The molecule has 0 saturated heterocycles. The lowest BCUT2D eigenvalue weighted by molar-refractivity contribution is -0.143. The van der Waals surface area contributed by atoms with Gasteiger partial charge in [-0.15, -0.1) is 0 Å². The van der Waals surface area contributed by atoms with E-state index in [1.165, 1.54) is 11.7 Å². The van der Waals surface area contributed by atoms with Gasteiger partial charge in [0.25, 0.3) is 5.91 Å². The highest BCUT2D eigenvalue weighted by molar-refractivity contribution is 5.94. The van der Waals surface area contributed by atoms with Gasteiger partial charge in [-0.1, -0.05) is 69.0 Å². The van der Waals surface area contributed by atoms with Crippen LogP contribution in [-0.2, 0) is 41.7 Å². The number of esters is 1. The normalized spacial score (nSPS) is 21.1.